The van der Waals surface area contributed by atoms with Gasteiger partial charge in [-0.3, -0.25) is 0 Å². The summed E-state index contributed by atoms with van der Waals surface area (Å²) >= 11 is 0. The third-order valence-corrected chi connectivity index (χ3v) is 6.18. The van der Waals surface area contributed by atoms with Crippen LogP contribution in [-0.4, -0.2) is 42.7 Å². The van der Waals surface area contributed by atoms with Gasteiger partial charge in [-0.05, 0) is 25.7 Å². The van der Waals surface area contributed by atoms with E-state index in [4.69, 9.17) is 5.26 Å². The first-order valence-corrected chi connectivity index (χ1v) is 8.70. The largest absolute Gasteiger partial charge is 0.283 e. The second kappa shape index (κ2) is 6.69. The molecule has 1 aliphatic heterocycles. The number of rotatable bonds is 4. The highest BCUT2D eigenvalue weighted by Crippen LogP contribution is 2.27. The fourth-order valence-electron chi connectivity index (χ4n) is 3.08. The number of nitrogens with zero attached hydrogens (tertiary/aromatic N) is 3. The smallest absolute Gasteiger partial charge is 0.197 e. The number of nitriles is 1. The Hall–Kier alpha value is -0.640. The van der Waals surface area contributed by atoms with Gasteiger partial charge >= 0.3 is 0 Å². The zero-order valence-electron chi connectivity index (χ0n) is 11.4. The van der Waals surface area contributed by atoms with Crippen LogP contribution in [0.25, 0.3) is 0 Å². The van der Waals surface area contributed by atoms with E-state index in [1.54, 1.807) is 4.31 Å². The van der Waals surface area contributed by atoms with Crippen LogP contribution >= 0.6 is 0 Å². The molecule has 0 N–H and O–H groups in total. The van der Waals surface area contributed by atoms with Crippen LogP contribution in [0, 0.1) is 11.3 Å². The Balaban J connectivity index is 2.15. The van der Waals surface area contributed by atoms with Gasteiger partial charge in [-0.1, -0.05) is 25.7 Å². The number of hydrogen-bond donors (Lipinski definition) is 0. The minimum atomic E-state index is -3.45. The van der Waals surface area contributed by atoms with Crippen LogP contribution in [0.5, 0.6) is 0 Å². The lowest BCUT2D eigenvalue weighted by molar-refractivity contribution is 0.304. The van der Waals surface area contributed by atoms with E-state index >= 15 is 0 Å². The zero-order valence-corrected chi connectivity index (χ0v) is 12.2. The lowest BCUT2D eigenvalue weighted by Gasteiger charge is -2.31. The van der Waals surface area contributed by atoms with Crippen molar-refractivity contribution in [3.63, 3.8) is 0 Å². The average Bonchev–Trinajstić information content (AvgIpc) is 2.76. The molecule has 5 nitrogen and oxygen atoms in total. The molecule has 0 amide bonds. The molecule has 1 saturated heterocycles. The molecule has 0 spiro atoms. The van der Waals surface area contributed by atoms with E-state index in [9.17, 15) is 8.42 Å². The monoisotopic (exact) mass is 285 g/mol. The summed E-state index contributed by atoms with van der Waals surface area (Å²) in [7, 11) is -3.45. The molecule has 6 heteroatoms. The minimum absolute atomic E-state index is 0.0104. The van der Waals surface area contributed by atoms with Crippen molar-refractivity contribution in [1.82, 2.24) is 8.61 Å². The summed E-state index contributed by atoms with van der Waals surface area (Å²) in [5.41, 5.74) is 0. The molecule has 1 heterocycles. The van der Waals surface area contributed by atoms with Gasteiger partial charge in [0, 0.05) is 19.1 Å². The first kappa shape index (κ1) is 14.8. The molecule has 0 radical (unpaired) electrons. The van der Waals surface area contributed by atoms with Crippen molar-refractivity contribution in [2.45, 2.75) is 57.4 Å². The Morgan fingerprint density at radius 3 is 2.16 bits per heavy atom. The Kier molecular flexibility index (Phi) is 5.20. The van der Waals surface area contributed by atoms with E-state index in [2.05, 4.69) is 0 Å². The molecule has 0 bridgehead atoms. The van der Waals surface area contributed by atoms with Crippen molar-refractivity contribution < 1.29 is 8.42 Å². The molecule has 0 unspecified atom stereocenters. The van der Waals surface area contributed by atoms with Crippen LogP contribution in [0.15, 0.2) is 0 Å². The van der Waals surface area contributed by atoms with E-state index in [0.717, 1.165) is 51.4 Å². The minimum Gasteiger partial charge on any atom is -0.197 e. The molecule has 1 saturated carbocycles. The van der Waals surface area contributed by atoms with Crippen LogP contribution in [0.2, 0.25) is 0 Å². The Bertz CT molecular complexity index is 416. The molecule has 108 valence electrons. The fourth-order valence-corrected chi connectivity index (χ4v) is 4.91. The summed E-state index contributed by atoms with van der Waals surface area (Å²) in [5, 5.41) is 8.94. The Morgan fingerprint density at radius 2 is 1.63 bits per heavy atom. The van der Waals surface area contributed by atoms with E-state index < -0.39 is 10.2 Å². The maximum atomic E-state index is 12.7. The first-order valence-electron chi connectivity index (χ1n) is 7.30. The highest BCUT2D eigenvalue weighted by Gasteiger charge is 2.36. The maximum absolute atomic E-state index is 12.7. The van der Waals surface area contributed by atoms with Crippen molar-refractivity contribution in [3.8, 4) is 6.07 Å². The zero-order chi connectivity index (χ0) is 13.7. The molecular formula is C13H23N3O2S. The third-order valence-electron chi connectivity index (χ3n) is 4.15. The van der Waals surface area contributed by atoms with Crippen molar-refractivity contribution in [2.75, 3.05) is 19.6 Å². The quantitative estimate of drug-likeness (QED) is 0.741. The molecule has 2 aliphatic rings. The van der Waals surface area contributed by atoms with Gasteiger partial charge in [0.2, 0.25) is 0 Å². The maximum Gasteiger partial charge on any atom is 0.283 e. The van der Waals surface area contributed by atoms with Crippen molar-refractivity contribution in [1.29, 1.82) is 5.26 Å². The van der Waals surface area contributed by atoms with Crippen molar-refractivity contribution in [3.05, 3.63) is 0 Å². The molecule has 2 rings (SSSR count). The van der Waals surface area contributed by atoms with Crippen LogP contribution < -0.4 is 0 Å². The van der Waals surface area contributed by atoms with Crippen LogP contribution in [-0.2, 0) is 10.2 Å². The van der Waals surface area contributed by atoms with Gasteiger partial charge in [0.25, 0.3) is 10.2 Å². The van der Waals surface area contributed by atoms with E-state index in [1.807, 2.05) is 6.07 Å². The van der Waals surface area contributed by atoms with Gasteiger partial charge in [0.15, 0.2) is 0 Å². The predicted octanol–water partition coefficient (Wildman–Crippen LogP) is 1.88. The molecule has 0 aromatic carbocycles. The molecule has 0 aromatic rings. The van der Waals surface area contributed by atoms with Crippen molar-refractivity contribution >= 4 is 10.2 Å². The molecule has 0 aromatic heterocycles. The van der Waals surface area contributed by atoms with Gasteiger partial charge in [-0.25, -0.2) is 0 Å². The SMILES string of the molecule is N#CCN(C1CCCC1)S(=O)(=O)N1CCCCCC1. The molecule has 0 atom stereocenters. The first-order chi connectivity index (χ1) is 9.16. The summed E-state index contributed by atoms with van der Waals surface area (Å²) in [4.78, 5) is 0. The summed E-state index contributed by atoms with van der Waals surface area (Å²) in [6.07, 6.45) is 8.02. The lowest BCUT2D eigenvalue weighted by Crippen LogP contribution is -2.48. The molecular weight excluding hydrogens is 262 g/mol. The Labute approximate surface area is 116 Å². The fraction of sp³-hybridized carbons (Fsp3) is 0.923. The predicted molar refractivity (Wildman–Crippen MR) is 73.5 cm³/mol. The van der Waals surface area contributed by atoms with E-state index in [1.165, 1.54) is 4.31 Å². The standard InChI is InChI=1S/C13H23N3O2S/c14-9-12-16(13-7-3-4-8-13)19(17,18)15-10-5-1-2-6-11-15/h13H,1-8,10-12H2. The highest BCUT2D eigenvalue weighted by molar-refractivity contribution is 7.86. The Morgan fingerprint density at radius 1 is 1.05 bits per heavy atom. The van der Waals surface area contributed by atoms with E-state index in [0.29, 0.717) is 13.1 Å². The van der Waals surface area contributed by atoms with Gasteiger partial charge in [-0.2, -0.15) is 22.3 Å². The lowest BCUT2D eigenvalue weighted by atomic mass is 10.2. The summed E-state index contributed by atoms with van der Waals surface area (Å²) in [6, 6.07) is 2.06. The van der Waals surface area contributed by atoms with Crippen LogP contribution in [0.1, 0.15) is 51.4 Å². The van der Waals surface area contributed by atoms with Gasteiger partial charge < -0.3 is 0 Å². The third kappa shape index (κ3) is 3.47. The van der Waals surface area contributed by atoms with Gasteiger partial charge in [0.05, 0.1) is 6.07 Å². The molecule has 2 fully saturated rings. The summed E-state index contributed by atoms with van der Waals surface area (Å²) < 4.78 is 28.5. The highest BCUT2D eigenvalue weighted by atomic mass is 32.2. The molecule has 19 heavy (non-hydrogen) atoms. The summed E-state index contributed by atoms with van der Waals surface area (Å²) in [5.74, 6) is 0. The second-order valence-corrected chi connectivity index (χ2v) is 7.34. The van der Waals surface area contributed by atoms with Crippen LogP contribution in [0.3, 0.4) is 0 Å². The van der Waals surface area contributed by atoms with Gasteiger partial charge in [-0.15, -0.1) is 0 Å². The summed E-state index contributed by atoms with van der Waals surface area (Å²) in [6.45, 7) is 1.21. The topological polar surface area (TPSA) is 64.4 Å². The van der Waals surface area contributed by atoms with Crippen molar-refractivity contribution in [2.24, 2.45) is 0 Å². The normalized spacial score (nSPS) is 23.4. The van der Waals surface area contributed by atoms with E-state index in [-0.39, 0.29) is 12.6 Å². The number of hydrogen-bond acceptors (Lipinski definition) is 3. The van der Waals surface area contributed by atoms with Crippen LogP contribution in [0.4, 0.5) is 0 Å². The average molecular weight is 285 g/mol. The second-order valence-electron chi connectivity index (χ2n) is 5.46. The van der Waals surface area contributed by atoms with Gasteiger partial charge in [0.1, 0.15) is 6.54 Å². The molecule has 1 aliphatic carbocycles.